The fourth-order valence-electron chi connectivity index (χ4n) is 2.00. The van der Waals surface area contributed by atoms with Gasteiger partial charge in [-0.05, 0) is 18.8 Å². The summed E-state index contributed by atoms with van der Waals surface area (Å²) in [4.78, 5) is 10.5. The minimum atomic E-state index is -2.89. The van der Waals surface area contributed by atoms with Crippen molar-refractivity contribution in [3.05, 3.63) is 0 Å². The van der Waals surface area contributed by atoms with Gasteiger partial charge in [0.2, 0.25) is 7.37 Å². The average Bonchev–Trinajstić information content (AvgIpc) is 2.39. The number of hydrogen-bond donors (Lipinski definition) is 2. The van der Waals surface area contributed by atoms with E-state index in [0.717, 1.165) is 25.7 Å². The van der Waals surface area contributed by atoms with E-state index in [1.54, 1.807) is 0 Å². The molecule has 120 valence electrons. The zero-order valence-electron chi connectivity index (χ0n) is 12.7. The third-order valence-electron chi connectivity index (χ3n) is 3.42. The van der Waals surface area contributed by atoms with E-state index in [-0.39, 0.29) is 25.4 Å². The van der Waals surface area contributed by atoms with Crippen LogP contribution in [0.3, 0.4) is 0 Å². The summed E-state index contributed by atoms with van der Waals surface area (Å²) in [5.74, 6) is -0.503. The molecule has 2 N–H and O–H groups in total. The van der Waals surface area contributed by atoms with Crippen molar-refractivity contribution in [1.82, 2.24) is 0 Å². The number of unbranched alkanes of at least 4 members (excludes halogenated alkanes) is 1. The SMILES string of the molecule is CCCCC(CC)COP(=O)(CCO)CCCC(=O)O. The molecule has 0 aromatic rings. The molecule has 0 aromatic heterocycles. The van der Waals surface area contributed by atoms with Gasteiger partial charge in [0.1, 0.15) is 0 Å². The van der Waals surface area contributed by atoms with Crippen LogP contribution in [0.1, 0.15) is 52.4 Å². The van der Waals surface area contributed by atoms with E-state index in [0.29, 0.717) is 18.9 Å². The molecule has 5 nitrogen and oxygen atoms in total. The van der Waals surface area contributed by atoms with E-state index in [2.05, 4.69) is 13.8 Å². The molecule has 0 spiro atoms. The van der Waals surface area contributed by atoms with Gasteiger partial charge in [0.25, 0.3) is 0 Å². The highest BCUT2D eigenvalue weighted by atomic mass is 31.2. The second kappa shape index (κ2) is 11.3. The van der Waals surface area contributed by atoms with E-state index < -0.39 is 13.3 Å². The topological polar surface area (TPSA) is 83.8 Å². The maximum absolute atomic E-state index is 12.5. The Bertz CT molecular complexity index is 306. The smallest absolute Gasteiger partial charge is 0.303 e. The lowest BCUT2D eigenvalue weighted by Crippen LogP contribution is -2.12. The maximum Gasteiger partial charge on any atom is 0.303 e. The molecule has 0 aliphatic rings. The first-order chi connectivity index (χ1) is 9.47. The monoisotopic (exact) mass is 308 g/mol. The molecule has 2 unspecified atom stereocenters. The number of aliphatic carboxylic acids is 1. The first kappa shape index (κ1) is 19.6. The lowest BCUT2D eigenvalue weighted by molar-refractivity contribution is -0.137. The van der Waals surface area contributed by atoms with Crippen molar-refractivity contribution in [3.8, 4) is 0 Å². The molecule has 0 aromatic carbocycles. The molecule has 0 rings (SSSR count). The van der Waals surface area contributed by atoms with Gasteiger partial charge >= 0.3 is 5.97 Å². The van der Waals surface area contributed by atoms with Crippen LogP contribution in [0, 0.1) is 5.92 Å². The van der Waals surface area contributed by atoms with E-state index in [1.165, 1.54) is 0 Å². The molecule has 0 radical (unpaired) electrons. The van der Waals surface area contributed by atoms with Gasteiger partial charge < -0.3 is 14.7 Å². The largest absolute Gasteiger partial charge is 0.481 e. The number of rotatable bonds is 13. The number of carboxylic acid groups (broad SMARTS) is 1. The van der Waals surface area contributed by atoms with Crippen molar-refractivity contribution in [3.63, 3.8) is 0 Å². The summed E-state index contributed by atoms with van der Waals surface area (Å²) < 4.78 is 18.1. The van der Waals surface area contributed by atoms with Crippen LogP contribution in [0.4, 0.5) is 0 Å². The molecule has 0 heterocycles. The van der Waals surface area contributed by atoms with E-state index in [1.807, 2.05) is 0 Å². The van der Waals surface area contributed by atoms with Crippen LogP contribution < -0.4 is 0 Å². The van der Waals surface area contributed by atoms with Gasteiger partial charge in [-0.3, -0.25) is 9.36 Å². The summed E-state index contributed by atoms with van der Waals surface area (Å²) in [6.45, 7) is 4.48. The molecular weight excluding hydrogens is 279 g/mol. The third-order valence-corrected chi connectivity index (χ3v) is 5.92. The second-order valence-electron chi connectivity index (χ2n) is 5.19. The normalized spacial score (nSPS) is 15.8. The maximum atomic E-state index is 12.5. The van der Waals surface area contributed by atoms with Crippen LogP contribution >= 0.6 is 7.37 Å². The van der Waals surface area contributed by atoms with Crippen LogP contribution in [0.15, 0.2) is 0 Å². The average molecular weight is 308 g/mol. The molecule has 6 heteroatoms. The van der Waals surface area contributed by atoms with Gasteiger partial charge in [0.05, 0.1) is 13.2 Å². The summed E-state index contributed by atoms with van der Waals surface area (Å²) in [6.07, 6.45) is 4.98. The number of hydrogen-bond acceptors (Lipinski definition) is 4. The molecular formula is C14H29O5P. The minimum absolute atomic E-state index is 0.00812. The zero-order chi connectivity index (χ0) is 15.4. The van der Waals surface area contributed by atoms with E-state index in [9.17, 15) is 9.36 Å². The fraction of sp³-hybridized carbons (Fsp3) is 0.929. The van der Waals surface area contributed by atoms with Gasteiger partial charge in [0, 0.05) is 18.7 Å². The Kier molecular flexibility index (Phi) is 11.1. The molecule has 0 fully saturated rings. The van der Waals surface area contributed by atoms with Gasteiger partial charge in [0.15, 0.2) is 0 Å². The van der Waals surface area contributed by atoms with Crippen LogP contribution in [-0.2, 0) is 13.9 Å². The van der Waals surface area contributed by atoms with E-state index >= 15 is 0 Å². The Morgan fingerprint density at radius 2 is 1.95 bits per heavy atom. The second-order valence-corrected chi connectivity index (χ2v) is 7.98. The number of aliphatic hydroxyl groups is 1. The van der Waals surface area contributed by atoms with Crippen LogP contribution in [0.5, 0.6) is 0 Å². The van der Waals surface area contributed by atoms with Crippen molar-refractivity contribution in [2.45, 2.75) is 52.4 Å². The van der Waals surface area contributed by atoms with Crippen LogP contribution in [0.25, 0.3) is 0 Å². The molecule has 2 atom stereocenters. The number of aliphatic hydroxyl groups excluding tert-OH is 1. The lowest BCUT2D eigenvalue weighted by Gasteiger charge is -2.21. The highest BCUT2D eigenvalue weighted by Crippen LogP contribution is 2.47. The quantitative estimate of drug-likeness (QED) is 0.510. The van der Waals surface area contributed by atoms with Gasteiger partial charge in [-0.15, -0.1) is 0 Å². The summed E-state index contributed by atoms with van der Waals surface area (Å²) >= 11 is 0. The van der Waals surface area contributed by atoms with Crippen molar-refractivity contribution in [1.29, 1.82) is 0 Å². The predicted molar refractivity (Wildman–Crippen MR) is 80.6 cm³/mol. The molecule has 20 heavy (non-hydrogen) atoms. The molecule has 0 bridgehead atoms. The number of carbonyl (C=O) groups is 1. The molecule has 0 aliphatic heterocycles. The Labute approximate surface area is 122 Å². The molecule has 0 saturated carbocycles. The van der Waals surface area contributed by atoms with Crippen molar-refractivity contribution in [2.24, 2.45) is 5.92 Å². The first-order valence-corrected chi connectivity index (χ1v) is 9.52. The number of carboxylic acids is 1. The van der Waals surface area contributed by atoms with Gasteiger partial charge in [-0.25, -0.2) is 0 Å². The Morgan fingerprint density at radius 1 is 1.25 bits per heavy atom. The highest BCUT2D eigenvalue weighted by Gasteiger charge is 2.24. The Morgan fingerprint density at radius 3 is 2.45 bits per heavy atom. The Balaban J connectivity index is 4.27. The molecule has 0 saturated heterocycles. The van der Waals surface area contributed by atoms with Crippen LogP contribution in [0.2, 0.25) is 0 Å². The molecule has 0 aliphatic carbocycles. The summed E-state index contributed by atoms with van der Waals surface area (Å²) in [6, 6.07) is 0. The highest BCUT2D eigenvalue weighted by molar-refractivity contribution is 7.59. The van der Waals surface area contributed by atoms with Gasteiger partial charge in [-0.2, -0.15) is 0 Å². The summed E-state index contributed by atoms with van der Waals surface area (Å²) in [5.41, 5.74) is 0. The Hall–Kier alpha value is -0.380. The standard InChI is InChI=1S/C14H29O5P/c1-3-5-7-13(4-2)12-19-20(18,11-9-15)10-6-8-14(16)17/h13,15H,3-12H2,1-2H3,(H,16,17). The third kappa shape index (κ3) is 9.51. The lowest BCUT2D eigenvalue weighted by atomic mass is 10.0. The summed E-state index contributed by atoms with van der Waals surface area (Å²) in [5, 5.41) is 17.6. The fourth-order valence-corrected chi connectivity index (χ4v) is 3.91. The minimum Gasteiger partial charge on any atom is -0.481 e. The molecule has 0 amide bonds. The van der Waals surface area contributed by atoms with Crippen molar-refractivity contribution < 1.29 is 24.1 Å². The zero-order valence-corrected chi connectivity index (χ0v) is 13.6. The predicted octanol–water partition coefficient (Wildman–Crippen LogP) is 3.35. The van der Waals surface area contributed by atoms with Crippen molar-refractivity contribution >= 4 is 13.3 Å². The summed E-state index contributed by atoms with van der Waals surface area (Å²) in [7, 11) is -2.89. The first-order valence-electron chi connectivity index (χ1n) is 7.52. The van der Waals surface area contributed by atoms with E-state index in [4.69, 9.17) is 14.7 Å². The van der Waals surface area contributed by atoms with Crippen molar-refractivity contribution in [2.75, 3.05) is 25.5 Å². The van der Waals surface area contributed by atoms with Crippen LogP contribution in [-0.4, -0.2) is 41.7 Å². The van der Waals surface area contributed by atoms with Gasteiger partial charge in [-0.1, -0.05) is 33.1 Å².